The Bertz CT molecular complexity index is 842. The van der Waals surface area contributed by atoms with Crippen molar-refractivity contribution in [2.24, 2.45) is 4.99 Å². The van der Waals surface area contributed by atoms with Gasteiger partial charge in [0.05, 0.1) is 10.7 Å². The van der Waals surface area contributed by atoms with E-state index in [1.54, 1.807) is 11.3 Å². The molecule has 0 aliphatic heterocycles. The number of aliphatic imine (C=N–C) groups is 1. The normalized spacial score (nSPS) is 11.4. The van der Waals surface area contributed by atoms with Crippen LogP contribution in [0.5, 0.6) is 0 Å². The van der Waals surface area contributed by atoms with Gasteiger partial charge in [0.25, 0.3) is 0 Å². The molecule has 0 bridgehead atoms. The number of halogens is 1. The minimum absolute atomic E-state index is 0. The van der Waals surface area contributed by atoms with Crippen LogP contribution >= 0.6 is 35.3 Å². The zero-order valence-electron chi connectivity index (χ0n) is 15.0. The Balaban J connectivity index is 0.00000243. The maximum Gasteiger partial charge on any atom is 0.191 e. The van der Waals surface area contributed by atoms with Crippen molar-refractivity contribution in [3.8, 4) is 0 Å². The maximum absolute atomic E-state index is 4.61. The molecule has 3 rings (SSSR count). The molecule has 9 heteroatoms. The van der Waals surface area contributed by atoms with Crippen molar-refractivity contribution < 1.29 is 0 Å². The van der Waals surface area contributed by atoms with Crippen LogP contribution in [-0.4, -0.2) is 38.6 Å². The van der Waals surface area contributed by atoms with E-state index in [-0.39, 0.29) is 24.0 Å². The second-order valence-electron chi connectivity index (χ2n) is 5.50. The predicted molar refractivity (Wildman–Crippen MR) is 116 cm³/mol. The first kappa shape index (κ1) is 20.6. The lowest BCUT2D eigenvalue weighted by Gasteiger charge is -2.10. The molecule has 3 aromatic heterocycles. The molecule has 140 valence electrons. The number of guanidine groups is 1. The molecule has 26 heavy (non-hydrogen) atoms. The Kier molecular flexibility index (Phi) is 8.23. The molecule has 0 saturated carbocycles. The van der Waals surface area contributed by atoms with Crippen LogP contribution in [0.4, 0.5) is 0 Å². The number of rotatable bonds is 7. The zero-order chi connectivity index (χ0) is 17.5. The molecule has 3 heterocycles. The summed E-state index contributed by atoms with van der Waals surface area (Å²) in [4.78, 5) is 9.20. The number of nitrogens with one attached hydrogen (secondary N) is 2. The van der Waals surface area contributed by atoms with Gasteiger partial charge in [-0.3, -0.25) is 4.40 Å². The van der Waals surface area contributed by atoms with Crippen LogP contribution in [-0.2, 0) is 19.4 Å². The third-order valence-electron chi connectivity index (χ3n) is 3.68. The van der Waals surface area contributed by atoms with E-state index < -0.39 is 0 Å². The van der Waals surface area contributed by atoms with Gasteiger partial charge in [0.15, 0.2) is 17.4 Å². The summed E-state index contributed by atoms with van der Waals surface area (Å²) >= 11 is 1.73. The van der Waals surface area contributed by atoms with E-state index in [0.717, 1.165) is 49.1 Å². The Morgan fingerprint density at radius 3 is 2.88 bits per heavy atom. The Hall–Kier alpha value is -1.75. The van der Waals surface area contributed by atoms with Crippen molar-refractivity contribution in [3.05, 3.63) is 46.3 Å². The van der Waals surface area contributed by atoms with E-state index in [1.807, 2.05) is 28.8 Å². The molecule has 0 aliphatic rings. The minimum Gasteiger partial charge on any atom is -0.357 e. The molecule has 0 fully saturated rings. The zero-order valence-corrected chi connectivity index (χ0v) is 18.1. The third kappa shape index (κ3) is 5.37. The molecule has 0 saturated heterocycles. The smallest absolute Gasteiger partial charge is 0.191 e. The highest BCUT2D eigenvalue weighted by atomic mass is 127. The molecule has 2 N–H and O–H groups in total. The first-order chi connectivity index (χ1) is 12.3. The van der Waals surface area contributed by atoms with Crippen molar-refractivity contribution in [3.63, 3.8) is 0 Å². The summed E-state index contributed by atoms with van der Waals surface area (Å²) in [6.07, 6.45) is 3.83. The molecule has 0 amide bonds. The number of nitrogens with zero attached hydrogens (tertiary/aromatic N) is 5. The van der Waals surface area contributed by atoms with Gasteiger partial charge in [0.1, 0.15) is 6.54 Å². The monoisotopic (exact) mass is 485 g/mol. The van der Waals surface area contributed by atoms with Crippen LogP contribution in [0.3, 0.4) is 0 Å². The molecule has 0 aliphatic carbocycles. The van der Waals surface area contributed by atoms with Crippen molar-refractivity contribution in [1.29, 1.82) is 0 Å². The molecule has 0 aromatic carbocycles. The molecular weight excluding hydrogens is 461 g/mol. The number of hydrogen-bond donors (Lipinski definition) is 2. The number of pyridine rings is 1. The van der Waals surface area contributed by atoms with E-state index in [1.165, 1.54) is 5.01 Å². The molecule has 0 unspecified atom stereocenters. The van der Waals surface area contributed by atoms with E-state index >= 15 is 0 Å². The molecule has 7 nitrogen and oxygen atoms in total. The van der Waals surface area contributed by atoms with Gasteiger partial charge in [-0.2, -0.15) is 0 Å². The standard InChI is InChI=1S/C17H23N7S.HI/c1-3-16-21-13(12-25-16)8-9-19-17(18-4-2)20-11-15-23-22-14-7-5-6-10-24(14)15;/h5-7,10,12H,3-4,8-9,11H2,1-2H3,(H2,18,19,20);1H. The van der Waals surface area contributed by atoms with Gasteiger partial charge in [0, 0.05) is 31.1 Å². The van der Waals surface area contributed by atoms with Crippen LogP contribution in [0.2, 0.25) is 0 Å². The lowest BCUT2D eigenvalue weighted by molar-refractivity contribution is 0.779. The van der Waals surface area contributed by atoms with Crippen LogP contribution in [0, 0.1) is 0 Å². The summed E-state index contributed by atoms with van der Waals surface area (Å²) in [7, 11) is 0. The Labute approximate surface area is 174 Å². The average Bonchev–Trinajstić information content (AvgIpc) is 3.26. The van der Waals surface area contributed by atoms with E-state index in [9.17, 15) is 0 Å². The van der Waals surface area contributed by atoms with Gasteiger partial charge in [-0.25, -0.2) is 9.98 Å². The molecule has 0 spiro atoms. The van der Waals surface area contributed by atoms with E-state index in [4.69, 9.17) is 0 Å². The Morgan fingerprint density at radius 2 is 2.12 bits per heavy atom. The number of thiazole rings is 1. The van der Waals surface area contributed by atoms with Crippen LogP contribution in [0.25, 0.3) is 5.65 Å². The number of aryl methyl sites for hydroxylation is 1. The first-order valence-corrected chi connectivity index (χ1v) is 9.42. The SMILES string of the molecule is CCNC(=NCc1nnc2ccccn12)NCCc1csc(CC)n1.I. The van der Waals surface area contributed by atoms with Gasteiger partial charge in [-0.05, 0) is 25.5 Å². The van der Waals surface area contributed by atoms with Gasteiger partial charge in [-0.15, -0.1) is 45.5 Å². The summed E-state index contributed by atoms with van der Waals surface area (Å²) in [5.74, 6) is 1.60. The van der Waals surface area contributed by atoms with Crippen molar-refractivity contribution in [2.75, 3.05) is 13.1 Å². The summed E-state index contributed by atoms with van der Waals surface area (Å²) in [6.45, 7) is 6.25. The average molecular weight is 485 g/mol. The van der Waals surface area contributed by atoms with Gasteiger partial charge >= 0.3 is 0 Å². The van der Waals surface area contributed by atoms with Crippen LogP contribution in [0.15, 0.2) is 34.8 Å². The molecule has 3 aromatic rings. The van der Waals surface area contributed by atoms with E-state index in [0.29, 0.717) is 6.54 Å². The molecule has 0 atom stereocenters. The summed E-state index contributed by atoms with van der Waals surface area (Å²) in [5, 5.41) is 18.3. The third-order valence-corrected chi connectivity index (χ3v) is 4.72. The lowest BCUT2D eigenvalue weighted by atomic mass is 10.3. The fraction of sp³-hybridized carbons (Fsp3) is 0.412. The topological polar surface area (TPSA) is 79.5 Å². The predicted octanol–water partition coefficient (Wildman–Crippen LogP) is 2.66. The fourth-order valence-corrected chi connectivity index (χ4v) is 3.20. The largest absolute Gasteiger partial charge is 0.357 e. The summed E-state index contributed by atoms with van der Waals surface area (Å²) in [5.41, 5.74) is 1.97. The number of aromatic nitrogens is 4. The molecule has 0 radical (unpaired) electrons. The van der Waals surface area contributed by atoms with Crippen molar-refractivity contribution in [1.82, 2.24) is 30.2 Å². The quantitative estimate of drug-likeness (QED) is 0.306. The van der Waals surface area contributed by atoms with Gasteiger partial charge in [-0.1, -0.05) is 13.0 Å². The first-order valence-electron chi connectivity index (χ1n) is 8.54. The van der Waals surface area contributed by atoms with Gasteiger partial charge in [0.2, 0.25) is 0 Å². The fourth-order valence-electron chi connectivity index (χ4n) is 2.43. The molecular formula is C17H24IN7S. The maximum atomic E-state index is 4.61. The van der Waals surface area contributed by atoms with Crippen molar-refractivity contribution in [2.45, 2.75) is 33.2 Å². The number of fused-ring (bicyclic) bond motifs is 1. The highest BCUT2D eigenvalue weighted by molar-refractivity contribution is 14.0. The number of hydrogen-bond acceptors (Lipinski definition) is 5. The highest BCUT2D eigenvalue weighted by Crippen LogP contribution is 2.10. The van der Waals surface area contributed by atoms with Crippen LogP contribution in [0.1, 0.15) is 30.4 Å². The van der Waals surface area contributed by atoms with Crippen LogP contribution < -0.4 is 10.6 Å². The second kappa shape index (κ2) is 10.4. The summed E-state index contributed by atoms with van der Waals surface area (Å²) < 4.78 is 1.95. The summed E-state index contributed by atoms with van der Waals surface area (Å²) in [6, 6.07) is 5.85. The van der Waals surface area contributed by atoms with Crippen molar-refractivity contribution >= 4 is 46.9 Å². The minimum atomic E-state index is 0. The van der Waals surface area contributed by atoms with Gasteiger partial charge < -0.3 is 10.6 Å². The lowest BCUT2D eigenvalue weighted by Crippen LogP contribution is -2.38. The highest BCUT2D eigenvalue weighted by Gasteiger charge is 2.05. The van der Waals surface area contributed by atoms with E-state index in [2.05, 4.69) is 50.0 Å². The Morgan fingerprint density at radius 1 is 1.23 bits per heavy atom. The second-order valence-corrected chi connectivity index (χ2v) is 6.45.